The van der Waals surface area contributed by atoms with Gasteiger partial charge >= 0.3 is 0 Å². The van der Waals surface area contributed by atoms with Crippen molar-refractivity contribution in [1.82, 2.24) is 5.32 Å². The van der Waals surface area contributed by atoms with E-state index in [1.54, 1.807) is 0 Å². The Hall–Kier alpha value is -1.86. The van der Waals surface area contributed by atoms with Crippen LogP contribution in [0.5, 0.6) is 0 Å². The van der Waals surface area contributed by atoms with Gasteiger partial charge in [-0.1, -0.05) is 11.8 Å². The first kappa shape index (κ1) is 11.2. The zero-order chi connectivity index (χ0) is 11.3. The van der Waals surface area contributed by atoms with E-state index in [2.05, 4.69) is 17.2 Å². The molecule has 15 heavy (non-hydrogen) atoms. The number of amides is 1. The van der Waals surface area contributed by atoms with Crippen LogP contribution in [0, 0.1) is 17.7 Å². The number of benzene rings is 1. The van der Waals surface area contributed by atoms with E-state index in [1.807, 2.05) is 0 Å². The fourth-order valence-corrected chi connectivity index (χ4v) is 1.04. The average molecular weight is 207 g/mol. The largest absolute Gasteiger partial charge is 0.384 e. The van der Waals surface area contributed by atoms with Gasteiger partial charge in [0, 0.05) is 12.6 Å². The Balaban J connectivity index is 3.03. The highest BCUT2D eigenvalue weighted by molar-refractivity contribution is 5.94. The SMILES string of the molecule is CNC(=O)c1ccc(C#CCO)c(F)c1. The predicted molar refractivity (Wildman–Crippen MR) is 53.8 cm³/mol. The summed E-state index contributed by atoms with van der Waals surface area (Å²) in [6, 6.07) is 3.99. The molecule has 78 valence electrons. The van der Waals surface area contributed by atoms with Crippen molar-refractivity contribution in [1.29, 1.82) is 0 Å². The van der Waals surface area contributed by atoms with Crippen molar-refractivity contribution < 1.29 is 14.3 Å². The van der Waals surface area contributed by atoms with Crippen LogP contribution >= 0.6 is 0 Å². The fraction of sp³-hybridized carbons (Fsp3) is 0.182. The molecule has 0 fully saturated rings. The van der Waals surface area contributed by atoms with Gasteiger partial charge in [0.1, 0.15) is 12.4 Å². The molecule has 1 rings (SSSR count). The summed E-state index contributed by atoms with van der Waals surface area (Å²) in [5, 5.41) is 10.8. The number of hydrogen-bond donors (Lipinski definition) is 2. The molecule has 1 aromatic rings. The van der Waals surface area contributed by atoms with Gasteiger partial charge in [0.15, 0.2) is 0 Å². The van der Waals surface area contributed by atoms with Gasteiger partial charge in [0.05, 0.1) is 5.56 Å². The summed E-state index contributed by atoms with van der Waals surface area (Å²) in [6.45, 7) is -0.323. The van der Waals surface area contributed by atoms with Crippen LogP contribution in [0.4, 0.5) is 4.39 Å². The lowest BCUT2D eigenvalue weighted by Crippen LogP contribution is -2.17. The van der Waals surface area contributed by atoms with Gasteiger partial charge in [-0.05, 0) is 18.2 Å². The normalized spacial score (nSPS) is 9.00. The maximum atomic E-state index is 13.3. The Labute approximate surface area is 86.9 Å². The maximum Gasteiger partial charge on any atom is 0.251 e. The van der Waals surface area contributed by atoms with Crippen molar-refractivity contribution in [3.8, 4) is 11.8 Å². The molecule has 0 saturated carbocycles. The molecule has 0 spiro atoms. The summed E-state index contributed by atoms with van der Waals surface area (Å²) in [5.74, 6) is 3.85. The van der Waals surface area contributed by atoms with Gasteiger partial charge in [-0.15, -0.1) is 0 Å². The average Bonchev–Trinajstić information content (AvgIpc) is 2.26. The van der Waals surface area contributed by atoms with Crippen molar-refractivity contribution in [2.75, 3.05) is 13.7 Å². The molecular formula is C11H10FNO2. The maximum absolute atomic E-state index is 13.3. The highest BCUT2D eigenvalue weighted by atomic mass is 19.1. The molecule has 4 heteroatoms. The summed E-state index contributed by atoms with van der Waals surface area (Å²) in [4.78, 5) is 11.1. The summed E-state index contributed by atoms with van der Waals surface area (Å²) in [7, 11) is 1.47. The Bertz CT molecular complexity index is 432. The number of carbonyl (C=O) groups is 1. The van der Waals surface area contributed by atoms with E-state index in [1.165, 1.54) is 19.2 Å². The minimum atomic E-state index is -0.572. The third kappa shape index (κ3) is 2.79. The first-order valence-electron chi connectivity index (χ1n) is 4.30. The summed E-state index contributed by atoms with van der Waals surface area (Å²) in [5.41, 5.74) is 0.404. The number of hydrogen-bond acceptors (Lipinski definition) is 2. The highest BCUT2D eigenvalue weighted by Gasteiger charge is 2.06. The quantitative estimate of drug-likeness (QED) is 0.660. The number of carbonyl (C=O) groups excluding carboxylic acids is 1. The molecule has 0 aliphatic rings. The zero-order valence-electron chi connectivity index (χ0n) is 8.17. The van der Waals surface area contributed by atoms with E-state index < -0.39 is 5.82 Å². The topological polar surface area (TPSA) is 49.3 Å². The van der Waals surface area contributed by atoms with E-state index in [0.29, 0.717) is 0 Å². The van der Waals surface area contributed by atoms with Gasteiger partial charge in [-0.2, -0.15) is 0 Å². The van der Waals surface area contributed by atoms with Gasteiger partial charge < -0.3 is 10.4 Å². The number of rotatable bonds is 1. The molecule has 1 aromatic carbocycles. The van der Waals surface area contributed by atoms with E-state index in [0.717, 1.165) is 6.07 Å². The van der Waals surface area contributed by atoms with E-state index in [-0.39, 0.29) is 23.6 Å². The predicted octanol–water partition coefficient (Wildman–Crippen LogP) is 0.529. The minimum absolute atomic E-state index is 0.164. The first-order chi connectivity index (χ1) is 7.19. The van der Waals surface area contributed by atoms with Gasteiger partial charge in [-0.3, -0.25) is 4.79 Å². The lowest BCUT2D eigenvalue weighted by atomic mass is 10.1. The third-order valence-electron chi connectivity index (χ3n) is 1.76. The summed E-state index contributed by atoms with van der Waals surface area (Å²) in [6.07, 6.45) is 0. The van der Waals surface area contributed by atoms with Crippen molar-refractivity contribution >= 4 is 5.91 Å². The van der Waals surface area contributed by atoms with Gasteiger partial charge in [0.25, 0.3) is 5.91 Å². The Morgan fingerprint density at radius 2 is 2.33 bits per heavy atom. The molecule has 0 aromatic heterocycles. The van der Waals surface area contributed by atoms with Crippen LogP contribution in [0.15, 0.2) is 18.2 Å². The molecule has 0 atom stereocenters. The molecule has 0 heterocycles. The Morgan fingerprint density at radius 3 is 2.87 bits per heavy atom. The van der Waals surface area contributed by atoms with Crippen molar-refractivity contribution in [2.45, 2.75) is 0 Å². The highest BCUT2D eigenvalue weighted by Crippen LogP contribution is 2.09. The molecule has 0 aliphatic carbocycles. The summed E-state index contributed by atoms with van der Waals surface area (Å²) >= 11 is 0. The molecule has 0 aliphatic heterocycles. The second-order valence-electron chi connectivity index (χ2n) is 2.73. The van der Waals surface area contributed by atoms with Crippen LogP contribution in [-0.2, 0) is 0 Å². The van der Waals surface area contributed by atoms with Crippen molar-refractivity contribution in [3.63, 3.8) is 0 Å². The van der Waals surface area contributed by atoms with Crippen LogP contribution in [0.2, 0.25) is 0 Å². The minimum Gasteiger partial charge on any atom is -0.384 e. The zero-order valence-corrected chi connectivity index (χ0v) is 8.17. The first-order valence-corrected chi connectivity index (χ1v) is 4.30. The fourth-order valence-electron chi connectivity index (χ4n) is 1.04. The Morgan fingerprint density at radius 1 is 1.60 bits per heavy atom. The molecule has 0 unspecified atom stereocenters. The van der Waals surface area contributed by atoms with E-state index in [9.17, 15) is 9.18 Å². The van der Waals surface area contributed by atoms with Crippen LogP contribution < -0.4 is 5.32 Å². The summed E-state index contributed by atoms with van der Waals surface area (Å²) < 4.78 is 13.3. The molecule has 2 N–H and O–H groups in total. The molecular weight excluding hydrogens is 197 g/mol. The van der Waals surface area contributed by atoms with Crippen LogP contribution in [0.25, 0.3) is 0 Å². The van der Waals surface area contributed by atoms with Crippen LogP contribution in [-0.4, -0.2) is 24.7 Å². The molecule has 0 radical (unpaired) electrons. The van der Waals surface area contributed by atoms with Crippen LogP contribution in [0.3, 0.4) is 0 Å². The second kappa shape index (κ2) is 5.13. The number of aliphatic hydroxyl groups excluding tert-OH is 1. The van der Waals surface area contributed by atoms with Crippen molar-refractivity contribution in [2.24, 2.45) is 0 Å². The van der Waals surface area contributed by atoms with Crippen LogP contribution in [0.1, 0.15) is 15.9 Å². The second-order valence-corrected chi connectivity index (χ2v) is 2.73. The molecule has 1 amide bonds. The lowest BCUT2D eigenvalue weighted by molar-refractivity contribution is 0.0962. The van der Waals surface area contributed by atoms with E-state index >= 15 is 0 Å². The third-order valence-corrected chi connectivity index (χ3v) is 1.76. The number of aliphatic hydroxyl groups is 1. The number of nitrogens with one attached hydrogen (secondary N) is 1. The van der Waals surface area contributed by atoms with Gasteiger partial charge in [0.2, 0.25) is 0 Å². The monoisotopic (exact) mass is 207 g/mol. The molecule has 0 bridgehead atoms. The lowest BCUT2D eigenvalue weighted by Gasteiger charge is -2.00. The number of halogens is 1. The van der Waals surface area contributed by atoms with Gasteiger partial charge in [-0.25, -0.2) is 4.39 Å². The standard InChI is InChI=1S/C11H10FNO2/c1-13-11(15)9-5-4-8(3-2-6-14)10(12)7-9/h4-5,7,14H,6H2,1H3,(H,13,15). The van der Waals surface area contributed by atoms with E-state index in [4.69, 9.17) is 5.11 Å². The Kier molecular flexibility index (Phi) is 3.83. The smallest absolute Gasteiger partial charge is 0.251 e. The molecule has 0 saturated heterocycles. The molecule has 3 nitrogen and oxygen atoms in total. The van der Waals surface area contributed by atoms with Crippen molar-refractivity contribution in [3.05, 3.63) is 35.1 Å².